The van der Waals surface area contributed by atoms with Gasteiger partial charge in [0.1, 0.15) is 0 Å². The van der Waals surface area contributed by atoms with Crippen LogP contribution in [0.1, 0.15) is 33.1 Å². The van der Waals surface area contributed by atoms with Crippen molar-refractivity contribution >= 4 is 5.91 Å². The first kappa shape index (κ1) is 17.4. The Balaban J connectivity index is 2.53. The van der Waals surface area contributed by atoms with E-state index in [0.29, 0.717) is 31.8 Å². The van der Waals surface area contributed by atoms with Gasteiger partial charge >= 0.3 is 0 Å². The van der Waals surface area contributed by atoms with Gasteiger partial charge in [0.25, 0.3) is 0 Å². The van der Waals surface area contributed by atoms with Gasteiger partial charge in [0.2, 0.25) is 5.91 Å². The molecule has 0 aromatic heterocycles. The molecule has 0 bridgehead atoms. The molecule has 0 N–H and O–H groups in total. The van der Waals surface area contributed by atoms with Crippen LogP contribution in [0.3, 0.4) is 0 Å². The SMILES string of the molecule is COCCN(CCOC)CC(=O)N1C(C)CCCC1C. The number of amides is 1. The van der Waals surface area contributed by atoms with Crippen molar-refractivity contribution in [3.8, 4) is 0 Å². The largest absolute Gasteiger partial charge is 0.383 e. The number of nitrogens with zero attached hydrogens (tertiary/aromatic N) is 2. The fourth-order valence-corrected chi connectivity index (χ4v) is 2.90. The lowest BCUT2D eigenvalue weighted by Crippen LogP contribution is -2.51. The predicted molar refractivity (Wildman–Crippen MR) is 79.8 cm³/mol. The van der Waals surface area contributed by atoms with Gasteiger partial charge in [-0.05, 0) is 33.1 Å². The summed E-state index contributed by atoms with van der Waals surface area (Å²) < 4.78 is 10.2. The van der Waals surface area contributed by atoms with Crippen molar-refractivity contribution in [1.29, 1.82) is 0 Å². The molecular weight excluding hydrogens is 256 g/mol. The Morgan fingerprint density at radius 3 is 2.05 bits per heavy atom. The van der Waals surface area contributed by atoms with Crippen LogP contribution in [0.15, 0.2) is 0 Å². The summed E-state index contributed by atoms with van der Waals surface area (Å²) >= 11 is 0. The molecule has 1 fully saturated rings. The van der Waals surface area contributed by atoms with Gasteiger partial charge in [-0.1, -0.05) is 0 Å². The smallest absolute Gasteiger partial charge is 0.237 e. The zero-order chi connectivity index (χ0) is 15.0. The summed E-state index contributed by atoms with van der Waals surface area (Å²) in [4.78, 5) is 16.7. The van der Waals surface area contributed by atoms with E-state index in [1.165, 1.54) is 6.42 Å². The topological polar surface area (TPSA) is 42.0 Å². The minimum Gasteiger partial charge on any atom is -0.383 e. The van der Waals surface area contributed by atoms with E-state index in [-0.39, 0.29) is 5.91 Å². The zero-order valence-corrected chi connectivity index (χ0v) is 13.4. The third-order valence-corrected chi connectivity index (χ3v) is 4.06. The number of hydrogen-bond donors (Lipinski definition) is 0. The summed E-state index contributed by atoms with van der Waals surface area (Å²) in [7, 11) is 3.37. The van der Waals surface area contributed by atoms with E-state index in [0.717, 1.165) is 25.9 Å². The van der Waals surface area contributed by atoms with E-state index >= 15 is 0 Å². The zero-order valence-electron chi connectivity index (χ0n) is 13.4. The Morgan fingerprint density at radius 2 is 1.60 bits per heavy atom. The lowest BCUT2D eigenvalue weighted by molar-refractivity contribution is -0.138. The summed E-state index contributed by atoms with van der Waals surface area (Å²) in [6, 6.07) is 0.718. The second kappa shape index (κ2) is 9.32. The monoisotopic (exact) mass is 286 g/mol. The summed E-state index contributed by atoms with van der Waals surface area (Å²) in [6.07, 6.45) is 3.46. The van der Waals surface area contributed by atoms with E-state index in [1.807, 2.05) is 0 Å². The summed E-state index contributed by atoms with van der Waals surface area (Å²) in [5, 5.41) is 0. The molecule has 5 nitrogen and oxygen atoms in total. The van der Waals surface area contributed by atoms with Crippen LogP contribution >= 0.6 is 0 Å². The average Bonchev–Trinajstić information content (AvgIpc) is 2.41. The molecule has 1 heterocycles. The van der Waals surface area contributed by atoms with Crippen LogP contribution in [0, 0.1) is 0 Å². The van der Waals surface area contributed by atoms with Gasteiger partial charge in [-0.3, -0.25) is 9.69 Å². The summed E-state index contributed by atoms with van der Waals surface area (Å²) in [6.45, 7) is 7.58. The number of piperidine rings is 1. The fraction of sp³-hybridized carbons (Fsp3) is 0.933. The van der Waals surface area contributed by atoms with E-state index in [1.54, 1.807) is 14.2 Å². The van der Waals surface area contributed by atoms with Gasteiger partial charge in [0, 0.05) is 39.4 Å². The molecule has 1 amide bonds. The first-order valence-corrected chi connectivity index (χ1v) is 7.61. The van der Waals surface area contributed by atoms with Crippen molar-refractivity contribution in [1.82, 2.24) is 9.80 Å². The highest BCUT2D eigenvalue weighted by molar-refractivity contribution is 5.79. The van der Waals surface area contributed by atoms with E-state index in [2.05, 4.69) is 23.6 Å². The molecule has 1 rings (SSSR count). The molecule has 0 aromatic carbocycles. The Hall–Kier alpha value is -0.650. The number of rotatable bonds is 8. The van der Waals surface area contributed by atoms with Crippen LogP contribution in [-0.4, -0.2) is 74.9 Å². The van der Waals surface area contributed by atoms with Crippen molar-refractivity contribution in [2.75, 3.05) is 47.1 Å². The van der Waals surface area contributed by atoms with Crippen molar-refractivity contribution in [2.45, 2.75) is 45.2 Å². The van der Waals surface area contributed by atoms with E-state index < -0.39 is 0 Å². The normalized spacial score (nSPS) is 23.4. The highest BCUT2D eigenvalue weighted by Crippen LogP contribution is 2.22. The third kappa shape index (κ3) is 5.38. The van der Waals surface area contributed by atoms with Crippen LogP contribution in [0.25, 0.3) is 0 Å². The second-order valence-electron chi connectivity index (χ2n) is 5.69. The maximum absolute atomic E-state index is 12.6. The fourth-order valence-electron chi connectivity index (χ4n) is 2.90. The van der Waals surface area contributed by atoms with Crippen molar-refractivity contribution in [3.63, 3.8) is 0 Å². The maximum Gasteiger partial charge on any atom is 0.237 e. The van der Waals surface area contributed by atoms with Gasteiger partial charge in [-0.25, -0.2) is 0 Å². The Bertz CT molecular complexity index is 268. The standard InChI is InChI=1S/C15H30N2O3/c1-13-6-5-7-14(2)17(13)15(18)12-16(8-10-19-3)9-11-20-4/h13-14H,5-12H2,1-4H3. The number of ether oxygens (including phenoxy) is 2. The summed E-state index contributed by atoms with van der Waals surface area (Å²) in [5.74, 6) is 0.233. The molecule has 1 aliphatic rings. The Kier molecular flexibility index (Phi) is 8.11. The molecule has 0 aliphatic carbocycles. The third-order valence-electron chi connectivity index (χ3n) is 4.06. The van der Waals surface area contributed by atoms with Crippen LogP contribution in [0.5, 0.6) is 0 Å². The highest BCUT2D eigenvalue weighted by Gasteiger charge is 2.29. The Morgan fingerprint density at radius 1 is 1.10 bits per heavy atom. The molecule has 2 unspecified atom stereocenters. The van der Waals surface area contributed by atoms with Gasteiger partial charge < -0.3 is 14.4 Å². The predicted octanol–water partition coefficient (Wildman–Crippen LogP) is 1.37. The number of methoxy groups -OCH3 is 2. The number of carbonyl (C=O) groups is 1. The minimum absolute atomic E-state index is 0.233. The van der Waals surface area contributed by atoms with Crippen LogP contribution in [0.2, 0.25) is 0 Å². The molecule has 1 saturated heterocycles. The van der Waals surface area contributed by atoms with Gasteiger partial charge in [-0.2, -0.15) is 0 Å². The molecule has 118 valence electrons. The quantitative estimate of drug-likeness (QED) is 0.676. The molecule has 1 aliphatic heterocycles. The minimum atomic E-state index is 0.233. The van der Waals surface area contributed by atoms with Crippen molar-refractivity contribution in [2.24, 2.45) is 0 Å². The molecule has 2 atom stereocenters. The second-order valence-corrected chi connectivity index (χ2v) is 5.69. The van der Waals surface area contributed by atoms with Crippen LogP contribution in [-0.2, 0) is 14.3 Å². The molecule has 0 spiro atoms. The van der Waals surface area contributed by atoms with Crippen molar-refractivity contribution in [3.05, 3.63) is 0 Å². The maximum atomic E-state index is 12.6. The molecule has 5 heteroatoms. The number of hydrogen-bond acceptors (Lipinski definition) is 4. The van der Waals surface area contributed by atoms with Crippen molar-refractivity contribution < 1.29 is 14.3 Å². The van der Waals surface area contributed by atoms with E-state index in [9.17, 15) is 4.79 Å². The van der Waals surface area contributed by atoms with Crippen LogP contribution in [0.4, 0.5) is 0 Å². The first-order valence-electron chi connectivity index (χ1n) is 7.61. The molecule has 0 saturated carbocycles. The number of carbonyl (C=O) groups excluding carboxylic acids is 1. The van der Waals surface area contributed by atoms with Gasteiger partial charge in [0.05, 0.1) is 19.8 Å². The first-order chi connectivity index (χ1) is 9.60. The van der Waals surface area contributed by atoms with Gasteiger partial charge in [0.15, 0.2) is 0 Å². The molecule has 0 radical (unpaired) electrons. The Labute approximate surface area is 123 Å². The van der Waals surface area contributed by atoms with E-state index in [4.69, 9.17) is 9.47 Å². The number of likely N-dealkylation sites (tertiary alicyclic amines) is 1. The summed E-state index contributed by atoms with van der Waals surface area (Å²) in [5.41, 5.74) is 0. The molecule has 0 aromatic rings. The molecular formula is C15H30N2O3. The lowest BCUT2D eigenvalue weighted by Gasteiger charge is -2.40. The lowest BCUT2D eigenvalue weighted by atomic mass is 9.97. The van der Waals surface area contributed by atoms with Crippen LogP contribution < -0.4 is 0 Å². The average molecular weight is 286 g/mol. The highest BCUT2D eigenvalue weighted by atomic mass is 16.5. The van der Waals surface area contributed by atoms with Gasteiger partial charge in [-0.15, -0.1) is 0 Å². The molecule has 20 heavy (non-hydrogen) atoms.